The zero-order valence-corrected chi connectivity index (χ0v) is 17.5. The molecule has 0 bridgehead atoms. The molecule has 3 rings (SSSR count). The molecule has 0 atom stereocenters. The van der Waals surface area contributed by atoms with Crippen LogP contribution in [-0.4, -0.2) is 54.2 Å². The van der Waals surface area contributed by atoms with E-state index in [1.54, 1.807) is 17.0 Å². The van der Waals surface area contributed by atoms with Crippen molar-refractivity contribution in [3.8, 4) is 5.75 Å². The van der Waals surface area contributed by atoms with Gasteiger partial charge in [0.05, 0.1) is 29.1 Å². The van der Waals surface area contributed by atoms with Crippen LogP contribution in [-0.2, 0) is 6.54 Å². The zero-order chi connectivity index (χ0) is 18.0. The van der Waals surface area contributed by atoms with E-state index < -0.39 is 0 Å². The Morgan fingerprint density at radius 1 is 1.26 bits per heavy atom. The SMILES string of the molecule is COc1cc(N)c(Cl)cc1C(=O)N1CCN(Cc2cc(C)on2)CC1.Cl.Cl. The van der Waals surface area contributed by atoms with E-state index in [0.717, 1.165) is 31.1 Å². The molecule has 2 aromatic rings. The smallest absolute Gasteiger partial charge is 0.257 e. The first-order valence-corrected chi connectivity index (χ1v) is 8.42. The van der Waals surface area contributed by atoms with Crippen molar-refractivity contribution in [1.82, 2.24) is 15.0 Å². The number of nitrogens with zero attached hydrogens (tertiary/aromatic N) is 3. The van der Waals surface area contributed by atoms with Gasteiger partial charge in [0.15, 0.2) is 0 Å². The molecular formula is C17H23Cl3N4O3. The number of anilines is 1. The lowest BCUT2D eigenvalue weighted by atomic mass is 10.1. The Morgan fingerprint density at radius 3 is 2.48 bits per heavy atom. The average Bonchev–Trinajstić information content (AvgIpc) is 3.02. The number of benzene rings is 1. The number of halogens is 3. The highest BCUT2D eigenvalue weighted by Crippen LogP contribution is 2.30. The molecule has 1 aliphatic heterocycles. The summed E-state index contributed by atoms with van der Waals surface area (Å²) in [6.45, 7) is 5.38. The molecule has 0 saturated carbocycles. The number of aromatic nitrogens is 1. The van der Waals surface area contributed by atoms with Gasteiger partial charge in [-0.2, -0.15) is 0 Å². The Bertz CT molecular complexity index is 777. The van der Waals surface area contributed by atoms with Crippen LogP contribution in [0, 0.1) is 6.92 Å². The zero-order valence-electron chi connectivity index (χ0n) is 15.1. The maximum Gasteiger partial charge on any atom is 0.257 e. The molecule has 2 heterocycles. The van der Waals surface area contributed by atoms with Crippen molar-refractivity contribution in [2.45, 2.75) is 13.5 Å². The highest BCUT2D eigenvalue weighted by molar-refractivity contribution is 6.33. The standard InChI is InChI=1S/C17H21ClN4O3.2ClH/c1-11-7-12(20-25-11)10-21-3-5-22(6-4-21)17(23)13-8-14(18)15(19)9-16(13)24-2;;/h7-9H,3-6,10,19H2,1-2H3;2*1H. The number of aryl methyl sites for hydroxylation is 1. The minimum atomic E-state index is -0.101. The largest absolute Gasteiger partial charge is 0.496 e. The molecule has 1 aliphatic rings. The number of carbonyl (C=O) groups excluding carboxylic acids is 1. The van der Waals surface area contributed by atoms with Crippen LogP contribution < -0.4 is 10.5 Å². The van der Waals surface area contributed by atoms with Crippen LogP contribution in [0.25, 0.3) is 0 Å². The predicted molar refractivity (Wildman–Crippen MR) is 109 cm³/mol. The number of nitrogen functional groups attached to an aromatic ring is 1. The molecule has 10 heteroatoms. The van der Waals surface area contributed by atoms with Gasteiger partial charge in [-0.3, -0.25) is 9.69 Å². The molecule has 2 N–H and O–H groups in total. The van der Waals surface area contributed by atoms with Crippen LogP contribution in [0.5, 0.6) is 5.75 Å². The predicted octanol–water partition coefficient (Wildman–Crippen LogP) is 3.03. The van der Waals surface area contributed by atoms with Gasteiger partial charge in [0.25, 0.3) is 5.91 Å². The van der Waals surface area contributed by atoms with Crippen molar-refractivity contribution in [2.24, 2.45) is 0 Å². The maximum atomic E-state index is 12.8. The summed E-state index contributed by atoms with van der Waals surface area (Å²) in [4.78, 5) is 16.9. The molecule has 1 saturated heterocycles. The second-order valence-corrected chi connectivity index (χ2v) is 6.48. The summed E-state index contributed by atoms with van der Waals surface area (Å²) in [5.41, 5.74) is 7.51. The minimum Gasteiger partial charge on any atom is -0.496 e. The van der Waals surface area contributed by atoms with Gasteiger partial charge in [-0.15, -0.1) is 24.8 Å². The van der Waals surface area contributed by atoms with Gasteiger partial charge >= 0.3 is 0 Å². The molecule has 1 aromatic heterocycles. The second kappa shape index (κ2) is 10.0. The van der Waals surface area contributed by atoms with E-state index in [4.69, 9.17) is 26.6 Å². The molecule has 1 aromatic carbocycles. The topological polar surface area (TPSA) is 84.8 Å². The van der Waals surface area contributed by atoms with Gasteiger partial charge in [0.1, 0.15) is 11.5 Å². The lowest BCUT2D eigenvalue weighted by Gasteiger charge is -2.34. The Balaban J connectivity index is 0.00000182. The number of nitrogens with two attached hydrogens (primary N) is 1. The molecule has 0 radical (unpaired) electrons. The van der Waals surface area contributed by atoms with Crippen molar-refractivity contribution in [2.75, 3.05) is 39.0 Å². The highest BCUT2D eigenvalue weighted by Gasteiger charge is 2.25. The number of amides is 1. The third-order valence-corrected chi connectivity index (χ3v) is 4.60. The van der Waals surface area contributed by atoms with Crippen LogP contribution in [0.15, 0.2) is 22.7 Å². The van der Waals surface area contributed by atoms with E-state index in [2.05, 4.69) is 10.1 Å². The third kappa shape index (κ3) is 5.42. The third-order valence-electron chi connectivity index (χ3n) is 4.27. The Kier molecular flexibility index (Phi) is 8.68. The van der Waals surface area contributed by atoms with E-state index in [0.29, 0.717) is 35.1 Å². The number of hydrogen-bond donors (Lipinski definition) is 1. The van der Waals surface area contributed by atoms with Gasteiger partial charge < -0.3 is 19.9 Å². The van der Waals surface area contributed by atoms with Crippen LogP contribution >= 0.6 is 36.4 Å². The Labute approximate surface area is 175 Å². The van der Waals surface area contributed by atoms with Crippen LogP contribution in [0.4, 0.5) is 5.69 Å². The van der Waals surface area contributed by atoms with Gasteiger partial charge in [0.2, 0.25) is 0 Å². The van der Waals surface area contributed by atoms with E-state index in [1.165, 1.54) is 7.11 Å². The summed E-state index contributed by atoms with van der Waals surface area (Å²) in [7, 11) is 1.51. The fourth-order valence-corrected chi connectivity index (χ4v) is 3.07. The number of piperazine rings is 1. The number of ether oxygens (including phenoxy) is 1. The number of carbonyl (C=O) groups is 1. The van der Waals surface area contributed by atoms with Crippen molar-refractivity contribution in [1.29, 1.82) is 0 Å². The van der Waals surface area contributed by atoms with Gasteiger partial charge in [-0.1, -0.05) is 16.8 Å². The molecule has 150 valence electrons. The summed E-state index contributed by atoms with van der Waals surface area (Å²) < 4.78 is 10.4. The van der Waals surface area contributed by atoms with Crippen molar-refractivity contribution in [3.05, 3.63) is 40.2 Å². The van der Waals surface area contributed by atoms with E-state index in [-0.39, 0.29) is 30.7 Å². The van der Waals surface area contributed by atoms with Gasteiger partial charge in [0, 0.05) is 44.9 Å². The fraction of sp³-hybridized carbons (Fsp3) is 0.412. The van der Waals surface area contributed by atoms with Gasteiger partial charge in [-0.05, 0) is 13.0 Å². The van der Waals surface area contributed by atoms with Crippen LogP contribution in [0.2, 0.25) is 5.02 Å². The highest BCUT2D eigenvalue weighted by atomic mass is 35.5. The monoisotopic (exact) mass is 436 g/mol. The number of rotatable bonds is 4. The summed E-state index contributed by atoms with van der Waals surface area (Å²) in [5, 5.41) is 4.36. The van der Waals surface area contributed by atoms with E-state index >= 15 is 0 Å². The van der Waals surface area contributed by atoms with E-state index in [1.807, 2.05) is 13.0 Å². The summed E-state index contributed by atoms with van der Waals surface area (Å²) in [5.74, 6) is 1.14. The molecular weight excluding hydrogens is 415 g/mol. The molecule has 0 unspecified atom stereocenters. The molecule has 7 nitrogen and oxygen atoms in total. The molecule has 0 spiro atoms. The van der Waals surface area contributed by atoms with Crippen LogP contribution in [0.1, 0.15) is 21.8 Å². The summed E-state index contributed by atoms with van der Waals surface area (Å²) in [6, 6.07) is 5.08. The molecule has 1 fully saturated rings. The van der Waals surface area contributed by atoms with Crippen LogP contribution in [0.3, 0.4) is 0 Å². The first kappa shape index (κ1) is 23.4. The summed E-state index contributed by atoms with van der Waals surface area (Å²) in [6.07, 6.45) is 0. The van der Waals surface area contributed by atoms with Crippen molar-refractivity contribution >= 4 is 48.0 Å². The molecule has 27 heavy (non-hydrogen) atoms. The lowest BCUT2D eigenvalue weighted by molar-refractivity contribution is 0.0622. The normalized spacial score (nSPS) is 14.3. The second-order valence-electron chi connectivity index (χ2n) is 6.07. The first-order valence-electron chi connectivity index (χ1n) is 8.04. The van der Waals surface area contributed by atoms with E-state index in [9.17, 15) is 4.79 Å². The number of methoxy groups -OCH3 is 1. The van der Waals surface area contributed by atoms with Gasteiger partial charge in [-0.25, -0.2) is 0 Å². The van der Waals surface area contributed by atoms with Crippen molar-refractivity contribution in [3.63, 3.8) is 0 Å². The first-order chi connectivity index (χ1) is 12.0. The summed E-state index contributed by atoms with van der Waals surface area (Å²) >= 11 is 6.07. The lowest BCUT2D eigenvalue weighted by Crippen LogP contribution is -2.48. The average molecular weight is 438 g/mol. The Hall–Kier alpha value is -1.67. The number of hydrogen-bond acceptors (Lipinski definition) is 6. The molecule has 0 aliphatic carbocycles. The molecule has 1 amide bonds. The maximum absolute atomic E-state index is 12.8. The minimum absolute atomic E-state index is 0. The fourth-order valence-electron chi connectivity index (χ4n) is 2.91. The van der Waals surface area contributed by atoms with Crippen molar-refractivity contribution < 1.29 is 14.1 Å². The quantitative estimate of drug-likeness (QED) is 0.740. The Morgan fingerprint density at radius 2 is 1.93 bits per heavy atom.